The second-order valence-corrected chi connectivity index (χ2v) is 4.76. The van der Waals surface area contributed by atoms with Gasteiger partial charge in [0.05, 0.1) is 0 Å². The van der Waals surface area contributed by atoms with Gasteiger partial charge in [0, 0.05) is 0 Å². The maximum Gasteiger partial charge on any atom is 0.233 e. The van der Waals surface area contributed by atoms with Crippen molar-refractivity contribution in [3.63, 3.8) is 0 Å². The molecule has 0 saturated heterocycles. The van der Waals surface area contributed by atoms with E-state index in [2.05, 4.69) is 31.3 Å². The Bertz CT molecular complexity index is 638. The quantitative estimate of drug-likeness (QED) is 0.649. The Morgan fingerprint density at radius 2 is 2.15 bits per heavy atom. The van der Waals surface area contributed by atoms with Crippen LogP contribution < -0.4 is 25.5 Å². The number of nitrogens with zero attached hydrogens (tertiary/aromatic N) is 2. The zero-order valence-electron chi connectivity index (χ0n) is 10.3. The van der Waals surface area contributed by atoms with Gasteiger partial charge in [0.1, 0.15) is 17.4 Å². The molecule has 1 aliphatic heterocycles. The number of hydrogen-bond donors (Lipinski definition) is 2. The third-order valence-electron chi connectivity index (χ3n) is 2.71. The lowest BCUT2D eigenvalue weighted by Crippen LogP contribution is -2.10. The molecule has 0 spiro atoms. The number of halogens is 1. The summed E-state index contributed by atoms with van der Waals surface area (Å²) >= 11 is 3.33. The molecule has 0 unspecified atom stereocenters. The standard InChI is InChI=1S/C12H11BrN4O3/c13-10-11(17-14)15-5-16-12(10)18-4-7-1-2-8-9(3-7)20-6-19-8/h1-3,5H,4,6,14H2,(H,15,16,17). The summed E-state index contributed by atoms with van der Waals surface area (Å²) in [5, 5.41) is 0. The van der Waals surface area contributed by atoms with Crippen LogP contribution in [0.4, 0.5) is 5.82 Å². The van der Waals surface area contributed by atoms with Crippen molar-refractivity contribution in [2.45, 2.75) is 6.61 Å². The predicted octanol–water partition coefficient (Wildman–Crippen LogP) is 1.83. The first-order valence-electron chi connectivity index (χ1n) is 5.76. The lowest BCUT2D eigenvalue weighted by Gasteiger charge is -2.09. The molecule has 2 heterocycles. The van der Waals surface area contributed by atoms with E-state index in [9.17, 15) is 0 Å². The summed E-state index contributed by atoms with van der Waals surface area (Å²) < 4.78 is 16.8. The minimum absolute atomic E-state index is 0.253. The molecule has 1 aliphatic rings. The number of hydrogen-bond acceptors (Lipinski definition) is 7. The topological polar surface area (TPSA) is 91.5 Å². The molecule has 8 heteroatoms. The Hall–Kier alpha value is -2.06. The van der Waals surface area contributed by atoms with Crippen molar-refractivity contribution in [3.05, 3.63) is 34.6 Å². The Kier molecular flexibility index (Phi) is 3.57. The van der Waals surface area contributed by atoms with Gasteiger partial charge in [-0.25, -0.2) is 15.8 Å². The molecule has 0 radical (unpaired) electrons. The van der Waals surface area contributed by atoms with E-state index in [-0.39, 0.29) is 6.79 Å². The summed E-state index contributed by atoms with van der Waals surface area (Å²) in [6, 6.07) is 5.63. The van der Waals surface area contributed by atoms with Gasteiger partial charge in [-0.1, -0.05) is 6.07 Å². The summed E-state index contributed by atoms with van der Waals surface area (Å²) in [6.07, 6.45) is 1.37. The monoisotopic (exact) mass is 338 g/mol. The Morgan fingerprint density at radius 1 is 1.30 bits per heavy atom. The lowest BCUT2D eigenvalue weighted by molar-refractivity contribution is 0.174. The maximum atomic E-state index is 5.64. The van der Waals surface area contributed by atoms with Crippen molar-refractivity contribution in [3.8, 4) is 17.4 Å². The van der Waals surface area contributed by atoms with Gasteiger partial charge in [-0.05, 0) is 33.6 Å². The number of hydrazine groups is 1. The fourth-order valence-electron chi connectivity index (χ4n) is 1.74. The van der Waals surface area contributed by atoms with Crippen LogP contribution in [0.3, 0.4) is 0 Å². The summed E-state index contributed by atoms with van der Waals surface area (Å²) in [4.78, 5) is 7.99. The van der Waals surface area contributed by atoms with E-state index in [1.54, 1.807) is 0 Å². The lowest BCUT2D eigenvalue weighted by atomic mass is 10.2. The van der Waals surface area contributed by atoms with Gasteiger partial charge in [0.2, 0.25) is 12.7 Å². The number of rotatable bonds is 4. The van der Waals surface area contributed by atoms with Gasteiger partial charge in [-0.2, -0.15) is 0 Å². The van der Waals surface area contributed by atoms with Gasteiger partial charge in [-0.3, -0.25) is 0 Å². The van der Waals surface area contributed by atoms with E-state index in [1.165, 1.54) is 6.33 Å². The van der Waals surface area contributed by atoms with Crippen molar-refractivity contribution in [1.29, 1.82) is 0 Å². The number of anilines is 1. The number of ether oxygens (including phenoxy) is 3. The molecule has 3 N–H and O–H groups in total. The maximum absolute atomic E-state index is 5.64. The number of fused-ring (bicyclic) bond motifs is 1. The molecule has 7 nitrogen and oxygen atoms in total. The van der Waals surface area contributed by atoms with Crippen molar-refractivity contribution < 1.29 is 14.2 Å². The first-order valence-corrected chi connectivity index (χ1v) is 6.55. The van der Waals surface area contributed by atoms with Crippen LogP contribution in [-0.4, -0.2) is 16.8 Å². The smallest absolute Gasteiger partial charge is 0.233 e. The Morgan fingerprint density at radius 3 is 3.00 bits per heavy atom. The molecule has 1 aromatic carbocycles. The van der Waals surface area contributed by atoms with E-state index in [0.29, 0.717) is 22.8 Å². The van der Waals surface area contributed by atoms with Crippen molar-refractivity contribution >= 4 is 21.7 Å². The molecule has 1 aromatic heterocycles. The predicted molar refractivity (Wildman–Crippen MR) is 74.4 cm³/mol. The van der Waals surface area contributed by atoms with E-state index < -0.39 is 0 Å². The van der Waals surface area contributed by atoms with Crippen LogP contribution in [0.5, 0.6) is 17.4 Å². The van der Waals surface area contributed by atoms with Crippen LogP contribution in [0.15, 0.2) is 29.0 Å². The highest BCUT2D eigenvalue weighted by Crippen LogP contribution is 2.33. The summed E-state index contributed by atoms with van der Waals surface area (Å²) in [5.41, 5.74) is 3.40. The largest absolute Gasteiger partial charge is 0.472 e. The van der Waals surface area contributed by atoms with Crippen LogP contribution in [0, 0.1) is 0 Å². The van der Waals surface area contributed by atoms with Crippen LogP contribution in [0.2, 0.25) is 0 Å². The van der Waals surface area contributed by atoms with E-state index in [4.69, 9.17) is 20.1 Å². The third kappa shape index (κ3) is 2.47. The molecular weight excluding hydrogens is 328 g/mol. The van der Waals surface area contributed by atoms with E-state index in [0.717, 1.165) is 17.1 Å². The summed E-state index contributed by atoms with van der Waals surface area (Å²) in [7, 11) is 0. The summed E-state index contributed by atoms with van der Waals surface area (Å²) in [6.45, 7) is 0.596. The molecule has 2 aromatic rings. The van der Waals surface area contributed by atoms with Gasteiger partial charge >= 0.3 is 0 Å². The Balaban J connectivity index is 1.73. The van der Waals surface area contributed by atoms with Crippen molar-refractivity contribution in [2.24, 2.45) is 5.84 Å². The third-order valence-corrected chi connectivity index (χ3v) is 3.42. The van der Waals surface area contributed by atoms with Crippen LogP contribution in [-0.2, 0) is 6.61 Å². The molecule has 0 aliphatic carbocycles. The molecule has 0 saturated carbocycles. The summed E-state index contributed by atoms with van der Waals surface area (Å²) in [5.74, 6) is 7.66. The average molecular weight is 339 g/mol. The van der Waals surface area contributed by atoms with Gasteiger partial charge in [-0.15, -0.1) is 0 Å². The fourth-order valence-corrected chi connectivity index (χ4v) is 2.17. The fraction of sp³-hybridized carbons (Fsp3) is 0.167. The minimum Gasteiger partial charge on any atom is -0.472 e. The number of nitrogens with one attached hydrogen (secondary N) is 1. The first kappa shape index (κ1) is 12.9. The normalized spacial score (nSPS) is 12.3. The van der Waals surface area contributed by atoms with E-state index >= 15 is 0 Å². The molecule has 104 valence electrons. The highest BCUT2D eigenvalue weighted by Gasteiger charge is 2.14. The Labute approximate surface area is 123 Å². The van der Waals surface area contributed by atoms with E-state index in [1.807, 2.05) is 18.2 Å². The van der Waals surface area contributed by atoms with Gasteiger partial charge < -0.3 is 19.6 Å². The van der Waals surface area contributed by atoms with Crippen LogP contribution >= 0.6 is 15.9 Å². The SMILES string of the molecule is NNc1ncnc(OCc2ccc3c(c2)OCO3)c1Br. The average Bonchev–Trinajstić information content (AvgIpc) is 2.93. The molecule has 20 heavy (non-hydrogen) atoms. The minimum atomic E-state index is 0.253. The second-order valence-electron chi connectivity index (χ2n) is 3.96. The van der Waals surface area contributed by atoms with Crippen LogP contribution in [0.1, 0.15) is 5.56 Å². The number of nitrogens with two attached hydrogens (primary N) is 1. The second kappa shape index (κ2) is 5.51. The van der Waals surface area contributed by atoms with Gasteiger partial charge in [0.25, 0.3) is 0 Å². The number of nitrogen functional groups attached to an aromatic ring is 1. The highest BCUT2D eigenvalue weighted by atomic mass is 79.9. The zero-order valence-corrected chi connectivity index (χ0v) is 11.9. The van der Waals surface area contributed by atoms with Crippen molar-refractivity contribution in [2.75, 3.05) is 12.2 Å². The first-order chi connectivity index (χ1) is 9.78. The molecular formula is C12H11BrN4O3. The van der Waals surface area contributed by atoms with Crippen LogP contribution in [0.25, 0.3) is 0 Å². The van der Waals surface area contributed by atoms with Gasteiger partial charge in [0.15, 0.2) is 17.3 Å². The zero-order chi connectivity index (χ0) is 13.9. The molecule has 0 bridgehead atoms. The highest BCUT2D eigenvalue weighted by molar-refractivity contribution is 9.10. The van der Waals surface area contributed by atoms with Crippen molar-refractivity contribution in [1.82, 2.24) is 9.97 Å². The molecule has 0 fully saturated rings. The molecule has 0 atom stereocenters. The molecule has 3 rings (SSSR count). The number of aromatic nitrogens is 2. The molecule has 0 amide bonds. The number of benzene rings is 1.